The molecule has 0 radical (unpaired) electrons. The Kier molecular flexibility index (Phi) is 7.11. The number of hydrogen-bond donors (Lipinski definition) is 1. The lowest BCUT2D eigenvalue weighted by Gasteiger charge is -2.50. The summed E-state index contributed by atoms with van der Waals surface area (Å²) in [5.74, 6) is -7.02. The van der Waals surface area contributed by atoms with Gasteiger partial charge >= 0.3 is 0 Å². The molecule has 6 unspecified atom stereocenters. The number of ketones is 1. The molecule has 6 atom stereocenters. The number of Topliss-reactive ketones (excluding diaryl/α,β-unsaturated/α-hetero) is 1. The summed E-state index contributed by atoms with van der Waals surface area (Å²) in [6, 6.07) is 15.3. The van der Waals surface area contributed by atoms with E-state index in [2.05, 4.69) is 0 Å². The van der Waals surface area contributed by atoms with Crippen molar-refractivity contribution in [3.63, 3.8) is 0 Å². The molecule has 2 aliphatic heterocycles. The van der Waals surface area contributed by atoms with E-state index in [0.29, 0.717) is 22.4 Å². The van der Waals surface area contributed by atoms with Crippen molar-refractivity contribution in [1.82, 2.24) is 0 Å². The van der Waals surface area contributed by atoms with Gasteiger partial charge in [0.2, 0.25) is 11.8 Å². The minimum Gasteiger partial charge on any atom is -0.504 e. The number of fused-ring (bicyclic) bond motifs is 4. The summed E-state index contributed by atoms with van der Waals surface area (Å²) < 4.78 is 19.2. The fraction of sp³-hybridized carbons (Fsp3) is 0.286. The summed E-state index contributed by atoms with van der Waals surface area (Å²) >= 11 is 14.7. The minimum absolute atomic E-state index is 0.0695. The zero-order valence-corrected chi connectivity index (χ0v) is 26.6. The molecule has 4 amide bonds. The van der Waals surface area contributed by atoms with Gasteiger partial charge < -0.3 is 9.84 Å². The molecule has 12 heteroatoms. The number of halogens is 3. The average molecular weight is 678 g/mol. The number of anilines is 2. The van der Waals surface area contributed by atoms with Crippen LogP contribution in [0.25, 0.3) is 0 Å². The van der Waals surface area contributed by atoms with Crippen molar-refractivity contribution < 1.29 is 38.2 Å². The summed E-state index contributed by atoms with van der Waals surface area (Å²) in [5, 5.41) is 10.4. The summed E-state index contributed by atoms with van der Waals surface area (Å²) in [5.41, 5.74) is 1.75. The Bertz CT molecular complexity index is 1930. The first-order valence-electron chi connectivity index (χ1n) is 14.9. The average Bonchev–Trinajstić information content (AvgIpc) is 3.39. The molecule has 1 saturated carbocycles. The number of amides is 4. The first kappa shape index (κ1) is 31.1. The maximum atomic E-state index is 14.4. The maximum absolute atomic E-state index is 14.4. The van der Waals surface area contributed by atoms with Crippen LogP contribution in [-0.2, 0) is 19.2 Å². The van der Waals surface area contributed by atoms with Gasteiger partial charge in [-0.3, -0.25) is 28.9 Å². The first-order valence-corrected chi connectivity index (χ1v) is 15.7. The lowest BCUT2D eigenvalue weighted by atomic mass is 9.56. The van der Waals surface area contributed by atoms with E-state index in [0.717, 1.165) is 21.9 Å². The molecular formula is C35H27Cl2FN2O7. The SMILES string of the molecule is COc1cc(C2C3=CCC4C(=O)N(c5ccc(C(C)=O)cc5)C(=O)C4C3CC3(Cl)C(=O)N(c4ccc(F)cc4)C(=O)C23Cl)ccc1O. The largest absolute Gasteiger partial charge is 0.504 e. The minimum atomic E-state index is -2.12. The number of carbonyl (C=O) groups excluding carboxylic acids is 5. The van der Waals surface area contributed by atoms with Gasteiger partial charge in [0.15, 0.2) is 27.0 Å². The highest BCUT2D eigenvalue weighted by molar-refractivity contribution is 6.58. The van der Waals surface area contributed by atoms with Gasteiger partial charge in [-0.1, -0.05) is 17.7 Å². The number of methoxy groups -OCH3 is 1. The number of alkyl halides is 2. The second-order valence-electron chi connectivity index (χ2n) is 12.3. The van der Waals surface area contributed by atoms with E-state index in [4.69, 9.17) is 27.9 Å². The quantitative estimate of drug-likeness (QED) is 0.164. The number of phenols is 1. The van der Waals surface area contributed by atoms with E-state index in [-0.39, 0.29) is 35.8 Å². The van der Waals surface area contributed by atoms with Gasteiger partial charge in [0.05, 0.1) is 30.3 Å². The first-order chi connectivity index (χ1) is 22.3. The third-order valence-corrected chi connectivity index (χ3v) is 11.4. The zero-order chi connectivity index (χ0) is 33.6. The molecule has 2 aliphatic carbocycles. The number of aromatic hydroxyl groups is 1. The molecular weight excluding hydrogens is 650 g/mol. The number of imide groups is 2. The highest BCUT2D eigenvalue weighted by Gasteiger charge is 2.76. The van der Waals surface area contributed by atoms with Crippen molar-refractivity contribution >= 4 is 64.0 Å². The Labute approximate surface area is 278 Å². The molecule has 0 bridgehead atoms. The van der Waals surface area contributed by atoms with Crippen LogP contribution in [0.5, 0.6) is 11.5 Å². The van der Waals surface area contributed by atoms with E-state index in [1.807, 2.05) is 0 Å². The van der Waals surface area contributed by atoms with Crippen molar-refractivity contribution in [2.45, 2.75) is 35.4 Å². The predicted octanol–water partition coefficient (Wildman–Crippen LogP) is 5.51. The lowest BCUT2D eigenvalue weighted by Crippen LogP contribution is -2.60. The molecule has 3 aromatic rings. The highest BCUT2D eigenvalue weighted by Crippen LogP contribution is 2.66. The van der Waals surface area contributed by atoms with Crippen LogP contribution in [0, 0.1) is 23.6 Å². The van der Waals surface area contributed by atoms with E-state index in [9.17, 15) is 33.5 Å². The topological polar surface area (TPSA) is 121 Å². The summed E-state index contributed by atoms with van der Waals surface area (Å²) in [7, 11) is 1.36. The molecule has 3 fully saturated rings. The molecule has 1 N–H and O–H groups in total. The number of rotatable bonds is 5. The molecule has 47 heavy (non-hydrogen) atoms. The fourth-order valence-electron chi connectivity index (χ4n) is 7.75. The monoisotopic (exact) mass is 676 g/mol. The second-order valence-corrected chi connectivity index (χ2v) is 13.5. The van der Waals surface area contributed by atoms with Gasteiger partial charge in [0.1, 0.15) is 5.82 Å². The van der Waals surface area contributed by atoms with E-state index >= 15 is 0 Å². The number of ether oxygens (including phenoxy) is 1. The Morgan fingerprint density at radius 3 is 2.17 bits per heavy atom. The van der Waals surface area contributed by atoms with Crippen LogP contribution in [0.3, 0.4) is 0 Å². The van der Waals surface area contributed by atoms with Crippen LogP contribution in [0.15, 0.2) is 78.4 Å². The number of carbonyl (C=O) groups is 5. The Morgan fingerprint density at radius 2 is 1.53 bits per heavy atom. The summed E-state index contributed by atoms with van der Waals surface area (Å²) in [6.45, 7) is 1.41. The summed E-state index contributed by atoms with van der Waals surface area (Å²) in [4.78, 5) is 66.4. The number of hydrogen-bond acceptors (Lipinski definition) is 7. The van der Waals surface area contributed by atoms with Crippen LogP contribution < -0.4 is 14.5 Å². The van der Waals surface area contributed by atoms with Gasteiger partial charge in [-0.2, -0.15) is 0 Å². The van der Waals surface area contributed by atoms with Gasteiger partial charge in [-0.05, 0) is 91.9 Å². The second kappa shape index (κ2) is 10.7. The van der Waals surface area contributed by atoms with Crippen LogP contribution in [0.1, 0.15) is 41.6 Å². The number of allylic oxidation sites excluding steroid dienone is 2. The van der Waals surface area contributed by atoms with Crippen molar-refractivity contribution in [2.24, 2.45) is 17.8 Å². The van der Waals surface area contributed by atoms with Crippen molar-refractivity contribution in [3.05, 3.63) is 95.3 Å². The van der Waals surface area contributed by atoms with Crippen LogP contribution >= 0.6 is 23.2 Å². The summed E-state index contributed by atoms with van der Waals surface area (Å²) in [6.07, 6.45) is 1.71. The normalized spacial score (nSPS) is 29.8. The Balaban J connectivity index is 1.38. The van der Waals surface area contributed by atoms with Crippen molar-refractivity contribution in [3.8, 4) is 11.5 Å². The molecule has 0 aromatic heterocycles. The Hall–Kier alpha value is -4.54. The molecule has 2 saturated heterocycles. The van der Waals surface area contributed by atoms with Crippen molar-refractivity contribution in [2.75, 3.05) is 16.9 Å². The van der Waals surface area contributed by atoms with Crippen molar-refractivity contribution in [1.29, 1.82) is 0 Å². The van der Waals surface area contributed by atoms with E-state index in [1.165, 1.54) is 50.4 Å². The number of benzene rings is 3. The number of nitrogens with zero attached hydrogens (tertiary/aromatic N) is 2. The molecule has 240 valence electrons. The predicted molar refractivity (Wildman–Crippen MR) is 170 cm³/mol. The molecule has 4 aliphatic rings. The van der Waals surface area contributed by atoms with Gasteiger partial charge in [-0.15, -0.1) is 23.2 Å². The van der Waals surface area contributed by atoms with Crippen LogP contribution in [-0.4, -0.2) is 51.4 Å². The third kappa shape index (κ3) is 4.24. The smallest absolute Gasteiger partial charge is 0.258 e. The lowest BCUT2D eigenvalue weighted by molar-refractivity contribution is -0.125. The van der Waals surface area contributed by atoms with Gasteiger partial charge in [0.25, 0.3) is 11.8 Å². The standard InChI is InChI=1S/C35H27Cl2FN2O7/c1-17(41)18-3-8-21(9-4-18)39-30(43)24-13-12-23-25(28(24)31(39)44)16-34(36)32(45)40(22-10-6-20(38)7-11-22)33(46)35(34,37)29(23)19-5-14-26(42)27(15-19)47-2/h3-12,14-15,24-25,28-29,42H,13,16H2,1-2H3. The molecule has 7 rings (SSSR count). The molecule has 2 heterocycles. The Morgan fingerprint density at radius 1 is 0.894 bits per heavy atom. The maximum Gasteiger partial charge on any atom is 0.258 e. The van der Waals surface area contributed by atoms with Gasteiger partial charge in [-0.25, -0.2) is 9.29 Å². The fourth-order valence-corrected chi connectivity index (χ4v) is 8.68. The highest BCUT2D eigenvalue weighted by atomic mass is 35.5. The zero-order valence-electron chi connectivity index (χ0n) is 25.1. The van der Waals surface area contributed by atoms with Crippen LogP contribution in [0.4, 0.5) is 15.8 Å². The van der Waals surface area contributed by atoms with Gasteiger partial charge in [0, 0.05) is 11.5 Å². The molecule has 3 aromatic carbocycles. The van der Waals surface area contributed by atoms with E-state index < -0.39 is 62.9 Å². The van der Waals surface area contributed by atoms with E-state index in [1.54, 1.807) is 24.3 Å². The molecule has 9 nitrogen and oxygen atoms in total. The molecule has 0 spiro atoms. The van der Waals surface area contributed by atoms with Crippen LogP contribution in [0.2, 0.25) is 0 Å². The number of phenolic OH excluding ortho intramolecular Hbond substituents is 1. The third-order valence-electron chi connectivity index (χ3n) is 9.97.